The van der Waals surface area contributed by atoms with Crippen molar-refractivity contribution in [1.29, 1.82) is 0 Å². The molecular formula is C22H29F2NO4. The highest BCUT2D eigenvalue weighted by molar-refractivity contribution is 6.01. The minimum absolute atomic E-state index is 0.0609. The number of carbonyl (C=O) groups is 2. The maximum atomic E-state index is 16.9. The summed E-state index contributed by atoms with van der Waals surface area (Å²) in [5.74, 6) is -2.83. The lowest BCUT2D eigenvalue weighted by molar-refractivity contribution is -0.222. The molecule has 0 unspecified atom stereocenters. The minimum Gasteiger partial charge on any atom is -0.390 e. The Balaban J connectivity index is 1.87. The molecule has 160 valence electrons. The first kappa shape index (κ1) is 20.8. The van der Waals surface area contributed by atoms with Crippen molar-refractivity contribution in [3.8, 4) is 0 Å². The van der Waals surface area contributed by atoms with Crippen LogP contribution in [0.25, 0.3) is 0 Å². The molecule has 4 aliphatic carbocycles. The van der Waals surface area contributed by atoms with Gasteiger partial charge in [0.2, 0.25) is 0 Å². The molecule has 0 saturated heterocycles. The third-order valence-corrected chi connectivity index (χ3v) is 8.82. The zero-order valence-electron chi connectivity index (χ0n) is 17.0. The van der Waals surface area contributed by atoms with Crippen LogP contribution < -0.4 is 5.73 Å². The van der Waals surface area contributed by atoms with Crippen molar-refractivity contribution in [2.75, 3.05) is 6.54 Å². The topological polar surface area (TPSA) is 101 Å². The Hall–Kier alpha value is -1.44. The Bertz CT molecular complexity index is 843. The number of allylic oxidation sites excluding steroid dienone is 4. The Morgan fingerprint density at radius 3 is 2.59 bits per heavy atom. The van der Waals surface area contributed by atoms with Gasteiger partial charge < -0.3 is 15.9 Å². The molecule has 0 aromatic heterocycles. The number of Topliss-reactive ketones (excluding diaryl/α,β-unsaturated/α-hetero) is 1. The van der Waals surface area contributed by atoms with Crippen LogP contribution in [0.2, 0.25) is 0 Å². The second kappa shape index (κ2) is 6.05. The maximum absolute atomic E-state index is 16.9. The van der Waals surface area contributed by atoms with E-state index in [0.717, 1.165) is 6.08 Å². The summed E-state index contributed by atoms with van der Waals surface area (Å²) < 4.78 is 32.1. The number of rotatable bonds is 2. The van der Waals surface area contributed by atoms with Crippen LogP contribution in [0, 0.1) is 28.6 Å². The van der Waals surface area contributed by atoms with Crippen LogP contribution in [-0.2, 0) is 9.59 Å². The first-order valence-corrected chi connectivity index (χ1v) is 10.3. The molecule has 7 heteroatoms. The lowest BCUT2D eigenvalue weighted by Crippen LogP contribution is -2.70. The van der Waals surface area contributed by atoms with Gasteiger partial charge >= 0.3 is 0 Å². The number of hydrogen-bond donors (Lipinski definition) is 3. The predicted molar refractivity (Wildman–Crippen MR) is 102 cm³/mol. The molecule has 0 aliphatic heterocycles. The summed E-state index contributed by atoms with van der Waals surface area (Å²) in [6, 6.07) is 0. The monoisotopic (exact) mass is 409 g/mol. The number of halogens is 2. The number of alkyl halides is 2. The van der Waals surface area contributed by atoms with Gasteiger partial charge in [0.05, 0.1) is 12.6 Å². The molecule has 4 rings (SSSR count). The third-order valence-electron chi connectivity index (χ3n) is 8.82. The summed E-state index contributed by atoms with van der Waals surface area (Å²) in [7, 11) is 0. The molecule has 5 nitrogen and oxygen atoms in total. The largest absolute Gasteiger partial charge is 0.390 e. The van der Waals surface area contributed by atoms with Crippen molar-refractivity contribution in [1.82, 2.24) is 0 Å². The van der Waals surface area contributed by atoms with Gasteiger partial charge in [0, 0.05) is 16.7 Å². The van der Waals surface area contributed by atoms with Gasteiger partial charge in [-0.3, -0.25) is 9.59 Å². The minimum atomic E-state index is -2.21. The van der Waals surface area contributed by atoms with Gasteiger partial charge in [-0.15, -0.1) is 0 Å². The van der Waals surface area contributed by atoms with E-state index in [1.807, 2.05) is 0 Å². The lowest BCUT2D eigenvalue weighted by Gasteiger charge is -2.63. The number of carbonyl (C=O) groups excluding carboxylic acids is 2. The average molecular weight is 409 g/mol. The molecule has 0 bridgehead atoms. The number of hydrogen-bond acceptors (Lipinski definition) is 5. The molecule has 0 spiro atoms. The Kier molecular flexibility index (Phi) is 4.34. The Labute approximate surface area is 169 Å². The second-order valence-corrected chi connectivity index (χ2v) is 9.89. The van der Waals surface area contributed by atoms with Gasteiger partial charge in [-0.2, -0.15) is 0 Å². The van der Waals surface area contributed by atoms with Gasteiger partial charge in [-0.25, -0.2) is 8.78 Å². The summed E-state index contributed by atoms with van der Waals surface area (Å²) >= 11 is 0. The van der Waals surface area contributed by atoms with Crippen LogP contribution in [0.3, 0.4) is 0 Å². The summed E-state index contributed by atoms with van der Waals surface area (Å²) in [5, 5.41) is 22.6. The number of aliphatic hydroxyl groups excluding tert-OH is 1. The van der Waals surface area contributed by atoms with Crippen LogP contribution in [0.5, 0.6) is 0 Å². The van der Waals surface area contributed by atoms with Gasteiger partial charge in [-0.1, -0.05) is 19.9 Å². The zero-order chi connectivity index (χ0) is 21.6. The van der Waals surface area contributed by atoms with E-state index in [9.17, 15) is 19.8 Å². The summed E-state index contributed by atoms with van der Waals surface area (Å²) in [6.45, 7) is 4.60. The van der Waals surface area contributed by atoms with E-state index in [4.69, 9.17) is 5.73 Å². The van der Waals surface area contributed by atoms with Gasteiger partial charge in [0.25, 0.3) is 0 Å². The van der Waals surface area contributed by atoms with E-state index in [1.54, 1.807) is 13.8 Å². The van der Waals surface area contributed by atoms with Crippen molar-refractivity contribution < 1.29 is 28.6 Å². The molecule has 29 heavy (non-hydrogen) atoms. The van der Waals surface area contributed by atoms with Crippen LogP contribution in [0.4, 0.5) is 8.78 Å². The standard InChI is InChI=1S/C22H29F2NO4/c1-11-6-13-14-8-16(23)15-7-12(26)4-5-19(15,2)21(14,24)17(27)9-20(13,3)22(11,29)18(28)10-25/h4-5,7,11,13-14,16-17,27,29H,6,8-10,25H2,1-3H3/t11-,13+,14+,16+,17+,19+,20+,21+,22+/m1/s1. The second-order valence-electron chi connectivity index (χ2n) is 9.89. The smallest absolute Gasteiger partial charge is 0.178 e. The van der Waals surface area contributed by atoms with Crippen molar-refractivity contribution in [2.24, 2.45) is 34.3 Å². The quantitative estimate of drug-likeness (QED) is 0.646. The third kappa shape index (κ3) is 2.19. The molecule has 0 heterocycles. The highest BCUT2D eigenvalue weighted by atomic mass is 19.1. The van der Waals surface area contributed by atoms with Gasteiger partial charge in [-0.05, 0) is 55.7 Å². The summed E-state index contributed by atoms with van der Waals surface area (Å²) in [6.07, 6.45) is 0.688. The fourth-order valence-electron chi connectivity index (χ4n) is 7.29. The molecule has 4 N–H and O–H groups in total. The molecule has 0 radical (unpaired) electrons. The van der Waals surface area contributed by atoms with Crippen molar-refractivity contribution in [3.63, 3.8) is 0 Å². The normalized spacial score (nSPS) is 53.7. The van der Waals surface area contributed by atoms with E-state index >= 15 is 8.78 Å². The lowest BCUT2D eigenvalue weighted by atomic mass is 9.44. The van der Waals surface area contributed by atoms with Crippen LogP contribution >= 0.6 is 0 Å². The van der Waals surface area contributed by atoms with E-state index in [1.165, 1.54) is 19.1 Å². The fraction of sp³-hybridized carbons (Fsp3) is 0.727. The number of aliphatic hydroxyl groups is 2. The molecule has 3 fully saturated rings. The predicted octanol–water partition coefficient (Wildman–Crippen LogP) is 1.81. The Morgan fingerprint density at radius 1 is 1.31 bits per heavy atom. The zero-order valence-corrected chi connectivity index (χ0v) is 17.0. The van der Waals surface area contributed by atoms with E-state index in [-0.39, 0.29) is 25.0 Å². The molecule has 0 aromatic carbocycles. The Morgan fingerprint density at radius 2 is 1.97 bits per heavy atom. The fourth-order valence-corrected chi connectivity index (χ4v) is 7.29. The van der Waals surface area contributed by atoms with Crippen molar-refractivity contribution in [3.05, 3.63) is 23.8 Å². The molecule has 4 aliphatic rings. The van der Waals surface area contributed by atoms with Crippen LogP contribution in [0.15, 0.2) is 23.8 Å². The van der Waals surface area contributed by atoms with Gasteiger partial charge in [0.1, 0.15) is 11.8 Å². The van der Waals surface area contributed by atoms with Crippen molar-refractivity contribution in [2.45, 2.75) is 63.6 Å². The molecular weight excluding hydrogens is 380 g/mol. The van der Waals surface area contributed by atoms with E-state index in [0.29, 0.717) is 6.42 Å². The number of ketones is 2. The van der Waals surface area contributed by atoms with Crippen LogP contribution in [0.1, 0.15) is 40.0 Å². The average Bonchev–Trinajstić information content (AvgIpc) is 2.86. The summed E-state index contributed by atoms with van der Waals surface area (Å²) in [4.78, 5) is 24.5. The SMILES string of the molecule is C[C@@H]1C[C@H]2[C@@H]3C[C@H](F)C4=CC(=O)C=C[C@]4(C)[C@@]3(F)[C@@H](O)C[C@]2(C)[C@@]1(O)C(=O)CN. The van der Waals surface area contributed by atoms with E-state index in [2.05, 4.69) is 0 Å². The first-order chi connectivity index (χ1) is 13.4. The molecule has 0 amide bonds. The number of fused-ring (bicyclic) bond motifs is 5. The van der Waals surface area contributed by atoms with Crippen molar-refractivity contribution >= 4 is 11.6 Å². The highest BCUT2D eigenvalue weighted by Crippen LogP contribution is 2.70. The summed E-state index contributed by atoms with van der Waals surface area (Å²) in [5.41, 5.74) is -0.966. The highest BCUT2D eigenvalue weighted by Gasteiger charge is 2.76. The van der Waals surface area contributed by atoms with E-state index < -0.39 is 63.7 Å². The molecule has 3 saturated carbocycles. The molecule has 9 atom stereocenters. The number of nitrogens with two attached hydrogens (primary N) is 1. The first-order valence-electron chi connectivity index (χ1n) is 10.3. The van der Waals surface area contributed by atoms with Gasteiger partial charge in [0.15, 0.2) is 17.2 Å². The maximum Gasteiger partial charge on any atom is 0.178 e. The van der Waals surface area contributed by atoms with Crippen LogP contribution in [-0.4, -0.2) is 51.9 Å². The molecule has 0 aromatic rings.